The number of nitrogens with one attached hydrogen (secondary N) is 1. The predicted molar refractivity (Wildman–Crippen MR) is 78.5 cm³/mol. The Morgan fingerprint density at radius 1 is 1.32 bits per heavy atom. The van der Waals surface area contributed by atoms with Gasteiger partial charge >= 0.3 is 0 Å². The van der Waals surface area contributed by atoms with Crippen LogP contribution in [0.15, 0.2) is 12.1 Å². The molecule has 1 rings (SSSR count). The third-order valence-electron chi connectivity index (χ3n) is 3.64. The lowest BCUT2D eigenvalue weighted by Gasteiger charge is -2.20. The van der Waals surface area contributed by atoms with Crippen LogP contribution in [0.2, 0.25) is 0 Å². The maximum Gasteiger partial charge on any atom is 0.122 e. The van der Waals surface area contributed by atoms with Crippen LogP contribution in [0.25, 0.3) is 0 Å². The van der Waals surface area contributed by atoms with Crippen LogP contribution < -0.4 is 10.1 Å². The molecule has 0 aliphatic rings. The second kappa shape index (κ2) is 6.58. The van der Waals surface area contributed by atoms with E-state index in [4.69, 9.17) is 10.00 Å². The number of nitrogens with zero attached hydrogens (tertiary/aromatic N) is 1. The van der Waals surface area contributed by atoms with Crippen molar-refractivity contribution in [2.24, 2.45) is 0 Å². The van der Waals surface area contributed by atoms with Gasteiger partial charge in [-0.05, 0) is 70.3 Å². The topological polar surface area (TPSA) is 45.0 Å². The Balaban J connectivity index is 2.53. The van der Waals surface area contributed by atoms with E-state index in [0.29, 0.717) is 6.61 Å². The molecule has 104 valence electrons. The molecule has 0 saturated heterocycles. The summed E-state index contributed by atoms with van der Waals surface area (Å²) < 4.78 is 5.85. The van der Waals surface area contributed by atoms with E-state index in [1.165, 1.54) is 16.7 Å². The molecule has 0 spiro atoms. The minimum absolute atomic E-state index is 0.457. The highest BCUT2D eigenvalue weighted by Gasteiger charge is 2.20. The van der Waals surface area contributed by atoms with E-state index in [-0.39, 0.29) is 0 Å². The molecule has 1 aromatic rings. The van der Waals surface area contributed by atoms with Crippen molar-refractivity contribution in [3.8, 4) is 11.8 Å². The Morgan fingerprint density at radius 2 is 2.00 bits per heavy atom. The first-order chi connectivity index (χ1) is 8.91. The Bertz CT molecular complexity index is 476. The van der Waals surface area contributed by atoms with Gasteiger partial charge in [-0.1, -0.05) is 6.07 Å². The molecule has 0 saturated carbocycles. The normalized spacial score (nSPS) is 13.7. The number of nitriles is 1. The molecule has 3 heteroatoms. The molecule has 0 heterocycles. The summed E-state index contributed by atoms with van der Waals surface area (Å²) in [5.74, 6) is 0.959. The highest BCUT2D eigenvalue weighted by atomic mass is 16.5. The fourth-order valence-corrected chi connectivity index (χ4v) is 2.00. The first-order valence-corrected chi connectivity index (χ1v) is 6.72. The molecule has 1 aromatic carbocycles. The van der Waals surface area contributed by atoms with Gasteiger partial charge in [-0.3, -0.25) is 0 Å². The maximum atomic E-state index is 9.07. The van der Waals surface area contributed by atoms with Crippen LogP contribution in [0.5, 0.6) is 5.75 Å². The number of hydrogen-bond acceptors (Lipinski definition) is 3. The summed E-state index contributed by atoms with van der Waals surface area (Å²) >= 11 is 0. The molecular weight excluding hydrogens is 236 g/mol. The highest BCUT2D eigenvalue weighted by Crippen LogP contribution is 2.23. The third kappa shape index (κ3) is 4.25. The number of ether oxygens (including phenoxy) is 1. The van der Waals surface area contributed by atoms with Crippen LogP contribution in [-0.2, 0) is 0 Å². The average Bonchev–Trinajstić information content (AvgIpc) is 2.39. The summed E-state index contributed by atoms with van der Waals surface area (Å²) in [5, 5.41) is 12.1. The van der Waals surface area contributed by atoms with Crippen molar-refractivity contribution in [2.45, 2.75) is 46.1 Å². The first-order valence-electron chi connectivity index (χ1n) is 6.72. The Kier molecular flexibility index (Phi) is 5.38. The van der Waals surface area contributed by atoms with Crippen LogP contribution in [0.4, 0.5) is 0 Å². The van der Waals surface area contributed by atoms with Crippen molar-refractivity contribution in [1.29, 1.82) is 5.26 Å². The summed E-state index contributed by atoms with van der Waals surface area (Å²) in [6.45, 7) is 8.81. The molecule has 0 fully saturated rings. The summed E-state index contributed by atoms with van der Waals surface area (Å²) in [6.07, 6.45) is 1.64. The number of hydrogen-bond donors (Lipinski definition) is 1. The predicted octanol–water partition coefficient (Wildman–Crippen LogP) is 3.27. The van der Waals surface area contributed by atoms with E-state index in [9.17, 15) is 0 Å². The lowest BCUT2D eigenvalue weighted by atomic mass is 9.98. The number of benzene rings is 1. The van der Waals surface area contributed by atoms with Crippen LogP contribution in [-0.4, -0.2) is 19.2 Å². The Labute approximate surface area is 116 Å². The van der Waals surface area contributed by atoms with Crippen molar-refractivity contribution in [2.75, 3.05) is 13.7 Å². The smallest absolute Gasteiger partial charge is 0.122 e. The molecule has 1 unspecified atom stereocenters. The van der Waals surface area contributed by atoms with Gasteiger partial charge in [0.15, 0.2) is 0 Å². The monoisotopic (exact) mass is 260 g/mol. The zero-order valence-corrected chi connectivity index (χ0v) is 12.6. The lowest BCUT2D eigenvalue weighted by molar-refractivity contribution is 0.287. The molecule has 3 nitrogen and oxygen atoms in total. The van der Waals surface area contributed by atoms with E-state index in [1.54, 1.807) is 0 Å². The quantitative estimate of drug-likeness (QED) is 0.798. The van der Waals surface area contributed by atoms with Gasteiger partial charge in [0.05, 0.1) is 12.7 Å². The zero-order chi connectivity index (χ0) is 14.5. The molecule has 19 heavy (non-hydrogen) atoms. The van der Waals surface area contributed by atoms with Gasteiger partial charge in [0.1, 0.15) is 11.3 Å². The molecule has 0 aliphatic heterocycles. The molecule has 0 radical (unpaired) electrons. The van der Waals surface area contributed by atoms with Gasteiger partial charge in [-0.2, -0.15) is 5.26 Å². The van der Waals surface area contributed by atoms with Crippen molar-refractivity contribution >= 4 is 0 Å². The van der Waals surface area contributed by atoms with E-state index < -0.39 is 5.54 Å². The summed E-state index contributed by atoms with van der Waals surface area (Å²) in [5.41, 5.74) is 3.21. The van der Waals surface area contributed by atoms with Gasteiger partial charge in [0.25, 0.3) is 0 Å². The fourth-order valence-electron chi connectivity index (χ4n) is 2.00. The van der Waals surface area contributed by atoms with Crippen LogP contribution in [0, 0.1) is 32.1 Å². The van der Waals surface area contributed by atoms with Crippen molar-refractivity contribution < 1.29 is 4.74 Å². The van der Waals surface area contributed by atoms with Gasteiger partial charge in [-0.25, -0.2) is 0 Å². The maximum absolute atomic E-state index is 9.07. The first kappa shape index (κ1) is 15.5. The fraction of sp³-hybridized carbons (Fsp3) is 0.562. The van der Waals surface area contributed by atoms with Crippen molar-refractivity contribution in [1.82, 2.24) is 5.32 Å². The van der Waals surface area contributed by atoms with Gasteiger partial charge in [0, 0.05) is 0 Å². The molecule has 0 bridgehead atoms. The molecule has 1 atom stereocenters. The Morgan fingerprint density at radius 3 is 2.58 bits per heavy atom. The second-order valence-electron chi connectivity index (χ2n) is 5.35. The Hall–Kier alpha value is -1.53. The molecule has 0 aliphatic carbocycles. The highest BCUT2D eigenvalue weighted by molar-refractivity contribution is 5.41. The standard InChI is InChI=1S/C16H24N2O/c1-12-9-13(2)14(3)15(10-12)19-8-6-7-16(4,11-17)18-5/h9-10,18H,6-8H2,1-5H3. The molecular formula is C16H24N2O. The van der Waals surface area contributed by atoms with Gasteiger partial charge < -0.3 is 10.1 Å². The molecule has 0 amide bonds. The lowest BCUT2D eigenvalue weighted by Crippen LogP contribution is -2.38. The SMILES string of the molecule is CNC(C)(C#N)CCCOc1cc(C)cc(C)c1C. The minimum atomic E-state index is -0.457. The average molecular weight is 260 g/mol. The van der Waals surface area contributed by atoms with E-state index in [0.717, 1.165) is 18.6 Å². The number of rotatable bonds is 6. The van der Waals surface area contributed by atoms with Crippen molar-refractivity contribution in [3.05, 3.63) is 28.8 Å². The van der Waals surface area contributed by atoms with Crippen molar-refractivity contribution in [3.63, 3.8) is 0 Å². The number of aryl methyl sites for hydroxylation is 2. The van der Waals surface area contributed by atoms with Gasteiger partial charge in [0.2, 0.25) is 0 Å². The van der Waals surface area contributed by atoms with Crippen LogP contribution in [0.3, 0.4) is 0 Å². The van der Waals surface area contributed by atoms with E-state index in [2.05, 4.69) is 44.3 Å². The minimum Gasteiger partial charge on any atom is -0.493 e. The van der Waals surface area contributed by atoms with Gasteiger partial charge in [-0.15, -0.1) is 0 Å². The van der Waals surface area contributed by atoms with E-state index >= 15 is 0 Å². The second-order valence-corrected chi connectivity index (χ2v) is 5.35. The molecule has 0 aromatic heterocycles. The summed E-state index contributed by atoms with van der Waals surface area (Å²) in [4.78, 5) is 0. The third-order valence-corrected chi connectivity index (χ3v) is 3.64. The van der Waals surface area contributed by atoms with Crippen LogP contribution >= 0.6 is 0 Å². The van der Waals surface area contributed by atoms with E-state index in [1.807, 2.05) is 14.0 Å². The summed E-state index contributed by atoms with van der Waals surface area (Å²) in [6, 6.07) is 6.53. The zero-order valence-electron chi connectivity index (χ0n) is 12.6. The summed E-state index contributed by atoms with van der Waals surface area (Å²) in [7, 11) is 1.82. The largest absolute Gasteiger partial charge is 0.493 e. The van der Waals surface area contributed by atoms with Crippen LogP contribution in [0.1, 0.15) is 36.5 Å². The molecule has 1 N–H and O–H groups in total.